The Morgan fingerprint density at radius 1 is 0.724 bits per heavy atom. The SMILES string of the molecule is COc1ccc(CC2(C)CCOC2(C)Cc2ccc(OC)c(OC)c2)cc1OC. The van der Waals surface area contributed by atoms with Gasteiger partial charge in [-0.1, -0.05) is 19.1 Å². The van der Waals surface area contributed by atoms with Crippen molar-refractivity contribution < 1.29 is 23.7 Å². The van der Waals surface area contributed by atoms with Crippen LogP contribution < -0.4 is 18.9 Å². The van der Waals surface area contributed by atoms with Crippen molar-refractivity contribution in [1.82, 2.24) is 0 Å². The lowest BCUT2D eigenvalue weighted by molar-refractivity contribution is -0.0413. The van der Waals surface area contributed by atoms with Gasteiger partial charge in [0.05, 0.1) is 34.0 Å². The van der Waals surface area contributed by atoms with Gasteiger partial charge in [0.25, 0.3) is 0 Å². The lowest BCUT2D eigenvalue weighted by atomic mass is 9.68. The minimum Gasteiger partial charge on any atom is -0.493 e. The summed E-state index contributed by atoms with van der Waals surface area (Å²) in [6.45, 7) is 5.29. The van der Waals surface area contributed by atoms with Gasteiger partial charge in [-0.2, -0.15) is 0 Å². The maximum Gasteiger partial charge on any atom is 0.160 e. The van der Waals surface area contributed by atoms with Gasteiger partial charge in [0.1, 0.15) is 0 Å². The Labute approximate surface area is 173 Å². The number of hydrogen-bond donors (Lipinski definition) is 0. The van der Waals surface area contributed by atoms with Crippen molar-refractivity contribution in [2.24, 2.45) is 5.41 Å². The lowest BCUT2D eigenvalue weighted by Crippen LogP contribution is -2.44. The first kappa shape index (κ1) is 21.3. The van der Waals surface area contributed by atoms with Crippen LogP contribution in [0.2, 0.25) is 0 Å². The fourth-order valence-corrected chi connectivity index (χ4v) is 4.30. The number of methoxy groups -OCH3 is 4. The van der Waals surface area contributed by atoms with Crippen LogP contribution >= 0.6 is 0 Å². The van der Waals surface area contributed by atoms with Gasteiger partial charge >= 0.3 is 0 Å². The van der Waals surface area contributed by atoms with Gasteiger partial charge < -0.3 is 23.7 Å². The Morgan fingerprint density at radius 2 is 1.21 bits per heavy atom. The second-order valence-electron chi connectivity index (χ2n) is 8.12. The molecule has 0 aromatic heterocycles. The molecule has 0 amide bonds. The standard InChI is InChI=1S/C24H32O5/c1-23(15-17-7-9-19(25-3)21(13-17)27-5)11-12-29-24(23,2)16-18-8-10-20(26-4)22(14-18)28-6/h7-10,13-14H,11-12,15-16H2,1-6H3. The minimum absolute atomic E-state index is 0.0141. The molecule has 2 unspecified atom stereocenters. The molecule has 2 aromatic carbocycles. The smallest absolute Gasteiger partial charge is 0.160 e. The van der Waals surface area contributed by atoms with Crippen molar-refractivity contribution in [2.75, 3.05) is 35.0 Å². The normalized spacial score (nSPS) is 23.7. The van der Waals surface area contributed by atoms with Gasteiger partial charge in [-0.3, -0.25) is 0 Å². The second-order valence-corrected chi connectivity index (χ2v) is 8.12. The van der Waals surface area contributed by atoms with E-state index in [0.29, 0.717) is 0 Å². The molecule has 1 aliphatic heterocycles. The van der Waals surface area contributed by atoms with Crippen molar-refractivity contribution in [3.8, 4) is 23.0 Å². The van der Waals surface area contributed by atoms with E-state index in [0.717, 1.165) is 48.9 Å². The van der Waals surface area contributed by atoms with E-state index in [2.05, 4.69) is 32.0 Å². The Kier molecular flexibility index (Phi) is 6.27. The van der Waals surface area contributed by atoms with Crippen molar-refractivity contribution >= 4 is 0 Å². The largest absolute Gasteiger partial charge is 0.493 e. The van der Waals surface area contributed by atoms with Crippen LogP contribution in [0.5, 0.6) is 23.0 Å². The molecule has 3 rings (SSSR count). The minimum atomic E-state index is -0.292. The summed E-state index contributed by atoms with van der Waals surface area (Å²) in [5.74, 6) is 2.99. The highest BCUT2D eigenvalue weighted by Gasteiger charge is 2.49. The molecule has 0 N–H and O–H groups in total. The molecule has 5 nitrogen and oxygen atoms in total. The summed E-state index contributed by atoms with van der Waals surface area (Å²) in [6, 6.07) is 12.2. The lowest BCUT2D eigenvalue weighted by Gasteiger charge is -2.40. The second kappa shape index (κ2) is 8.54. The van der Waals surface area contributed by atoms with Crippen LogP contribution in [0.25, 0.3) is 0 Å². The van der Waals surface area contributed by atoms with Crippen molar-refractivity contribution in [2.45, 2.75) is 38.7 Å². The van der Waals surface area contributed by atoms with E-state index in [1.54, 1.807) is 28.4 Å². The summed E-state index contributed by atoms with van der Waals surface area (Å²) in [5, 5.41) is 0. The number of ether oxygens (including phenoxy) is 5. The van der Waals surface area contributed by atoms with Crippen LogP contribution in [0.4, 0.5) is 0 Å². The van der Waals surface area contributed by atoms with Gasteiger partial charge in [0, 0.05) is 18.4 Å². The Balaban J connectivity index is 1.85. The van der Waals surface area contributed by atoms with Gasteiger partial charge in [0.2, 0.25) is 0 Å². The molecule has 2 atom stereocenters. The van der Waals surface area contributed by atoms with Gasteiger partial charge in [-0.25, -0.2) is 0 Å². The van der Waals surface area contributed by atoms with E-state index in [1.165, 1.54) is 11.1 Å². The molecule has 29 heavy (non-hydrogen) atoms. The Morgan fingerprint density at radius 3 is 1.69 bits per heavy atom. The molecular weight excluding hydrogens is 368 g/mol. The molecule has 1 saturated heterocycles. The van der Waals surface area contributed by atoms with Gasteiger partial charge in [-0.15, -0.1) is 0 Å². The van der Waals surface area contributed by atoms with Crippen LogP contribution in [0, 0.1) is 5.41 Å². The number of benzene rings is 2. The fourth-order valence-electron chi connectivity index (χ4n) is 4.30. The number of rotatable bonds is 8. The average molecular weight is 401 g/mol. The third-order valence-corrected chi connectivity index (χ3v) is 6.38. The van der Waals surface area contributed by atoms with E-state index < -0.39 is 0 Å². The molecule has 0 saturated carbocycles. The molecule has 1 aliphatic rings. The fraction of sp³-hybridized carbons (Fsp3) is 0.500. The van der Waals surface area contributed by atoms with Gasteiger partial charge in [-0.05, 0) is 55.2 Å². The van der Waals surface area contributed by atoms with E-state index in [1.807, 2.05) is 18.2 Å². The number of hydrogen-bond acceptors (Lipinski definition) is 5. The molecule has 0 aliphatic carbocycles. The topological polar surface area (TPSA) is 46.2 Å². The Hall–Kier alpha value is -2.40. The average Bonchev–Trinajstić information content (AvgIpc) is 3.01. The third-order valence-electron chi connectivity index (χ3n) is 6.38. The highest BCUT2D eigenvalue weighted by molar-refractivity contribution is 5.44. The summed E-state index contributed by atoms with van der Waals surface area (Å²) in [6.07, 6.45) is 2.71. The quantitative estimate of drug-likeness (QED) is 0.643. The van der Waals surface area contributed by atoms with Crippen LogP contribution in [0.1, 0.15) is 31.4 Å². The molecule has 0 radical (unpaired) electrons. The first-order chi connectivity index (χ1) is 13.9. The van der Waals surface area contributed by atoms with Crippen molar-refractivity contribution in [1.29, 1.82) is 0 Å². The zero-order valence-electron chi connectivity index (χ0n) is 18.3. The van der Waals surface area contributed by atoms with Crippen molar-refractivity contribution in [3.05, 3.63) is 47.5 Å². The maximum absolute atomic E-state index is 6.34. The predicted molar refractivity (Wildman–Crippen MR) is 114 cm³/mol. The highest BCUT2D eigenvalue weighted by atomic mass is 16.5. The summed E-state index contributed by atoms with van der Waals surface area (Å²) < 4.78 is 28.0. The molecule has 1 fully saturated rings. The molecule has 158 valence electrons. The van der Waals surface area contributed by atoms with Gasteiger partial charge in [0.15, 0.2) is 23.0 Å². The molecule has 0 bridgehead atoms. The van der Waals surface area contributed by atoms with Crippen LogP contribution in [0.3, 0.4) is 0 Å². The molecule has 1 heterocycles. The van der Waals surface area contributed by atoms with E-state index in [9.17, 15) is 0 Å². The zero-order chi connectivity index (χ0) is 21.1. The van der Waals surface area contributed by atoms with Crippen LogP contribution in [0.15, 0.2) is 36.4 Å². The summed E-state index contributed by atoms with van der Waals surface area (Å²) in [7, 11) is 6.64. The predicted octanol–water partition coefficient (Wildman–Crippen LogP) is 4.69. The Bertz CT molecular complexity index is 780. The van der Waals surface area contributed by atoms with Crippen LogP contribution in [-0.4, -0.2) is 40.6 Å². The zero-order valence-corrected chi connectivity index (χ0v) is 18.3. The van der Waals surface area contributed by atoms with Crippen molar-refractivity contribution in [3.63, 3.8) is 0 Å². The molecule has 0 spiro atoms. The first-order valence-corrected chi connectivity index (χ1v) is 9.94. The first-order valence-electron chi connectivity index (χ1n) is 9.94. The highest BCUT2D eigenvalue weighted by Crippen LogP contribution is 2.48. The molecular formula is C24H32O5. The van der Waals surface area contributed by atoms with E-state index in [4.69, 9.17) is 23.7 Å². The van der Waals surface area contributed by atoms with Crippen LogP contribution in [-0.2, 0) is 17.6 Å². The molecule has 5 heteroatoms. The van der Waals surface area contributed by atoms with E-state index in [-0.39, 0.29) is 11.0 Å². The summed E-state index contributed by atoms with van der Waals surface area (Å²) in [4.78, 5) is 0. The summed E-state index contributed by atoms with van der Waals surface area (Å²) >= 11 is 0. The summed E-state index contributed by atoms with van der Waals surface area (Å²) in [5.41, 5.74) is 2.08. The monoisotopic (exact) mass is 400 g/mol. The maximum atomic E-state index is 6.34. The van der Waals surface area contributed by atoms with E-state index >= 15 is 0 Å². The molecule has 2 aromatic rings. The third kappa shape index (κ3) is 4.15.